The second-order valence-electron chi connectivity index (χ2n) is 13.6. The minimum atomic E-state index is 0.887. The summed E-state index contributed by atoms with van der Waals surface area (Å²) in [6, 6.07) is 58.0. The highest BCUT2D eigenvalue weighted by atomic mass is 14.8. The van der Waals surface area contributed by atoms with Crippen LogP contribution in [-0.4, -0.2) is 11.5 Å². The zero-order chi connectivity index (χ0) is 34.4. The van der Waals surface area contributed by atoms with Gasteiger partial charge in [-0.05, 0) is 106 Å². The normalized spacial score (nSPS) is 12.7. The van der Waals surface area contributed by atoms with Crippen LogP contribution in [0.15, 0.2) is 188 Å². The molecule has 0 atom stereocenters. The Kier molecular flexibility index (Phi) is 7.25. The summed E-state index contributed by atoms with van der Waals surface area (Å²) in [4.78, 5) is 4.28. The van der Waals surface area contributed by atoms with E-state index in [0.29, 0.717) is 0 Å². The molecular formula is C50H34N2. The monoisotopic (exact) mass is 662 g/mol. The van der Waals surface area contributed by atoms with Gasteiger partial charge in [-0.1, -0.05) is 164 Å². The Balaban J connectivity index is 1.02. The third-order valence-electron chi connectivity index (χ3n) is 10.6. The molecule has 0 fully saturated rings. The van der Waals surface area contributed by atoms with Crippen molar-refractivity contribution in [3.05, 3.63) is 194 Å². The first-order valence-corrected chi connectivity index (χ1v) is 17.9. The fraction of sp³-hybridized carbons (Fsp3) is 0.0200. The van der Waals surface area contributed by atoms with E-state index in [1.54, 1.807) is 0 Å². The van der Waals surface area contributed by atoms with Crippen LogP contribution >= 0.6 is 0 Å². The largest absolute Gasteiger partial charge is 0.387 e. The van der Waals surface area contributed by atoms with Crippen LogP contribution in [0.25, 0.3) is 94.2 Å². The number of aromatic nitrogens is 1. The predicted molar refractivity (Wildman–Crippen MR) is 218 cm³/mol. The third kappa shape index (κ3) is 5.16. The lowest BCUT2D eigenvalue weighted by Crippen LogP contribution is -2.08. The van der Waals surface area contributed by atoms with Gasteiger partial charge in [0.1, 0.15) is 0 Å². The Morgan fingerprint density at radius 1 is 0.404 bits per heavy atom. The highest BCUT2D eigenvalue weighted by Crippen LogP contribution is 2.54. The number of rotatable bonds is 6. The van der Waals surface area contributed by atoms with E-state index in [-0.39, 0.29) is 0 Å². The van der Waals surface area contributed by atoms with Crippen molar-refractivity contribution in [1.82, 2.24) is 10.3 Å². The summed E-state index contributed by atoms with van der Waals surface area (Å²) < 4.78 is 0. The minimum absolute atomic E-state index is 0.887. The van der Waals surface area contributed by atoms with Crippen LogP contribution in [0.2, 0.25) is 0 Å². The van der Waals surface area contributed by atoms with Crippen molar-refractivity contribution in [2.75, 3.05) is 6.54 Å². The highest BCUT2D eigenvalue weighted by molar-refractivity contribution is 6.21. The Bertz CT molecular complexity index is 2660. The van der Waals surface area contributed by atoms with Gasteiger partial charge in [-0.15, -0.1) is 0 Å². The summed E-state index contributed by atoms with van der Waals surface area (Å²) in [6.07, 6.45) is 10.2. The number of hydrogen-bond donors (Lipinski definition) is 1. The number of allylic oxidation sites excluding steroid dienone is 2. The van der Waals surface area contributed by atoms with E-state index in [1.807, 2.05) is 18.5 Å². The van der Waals surface area contributed by atoms with E-state index >= 15 is 0 Å². The molecule has 2 heteroatoms. The average molecular weight is 663 g/mol. The molecule has 0 bridgehead atoms. The summed E-state index contributed by atoms with van der Waals surface area (Å²) in [5, 5.41) is 5.93. The highest BCUT2D eigenvalue weighted by Gasteiger charge is 2.27. The van der Waals surface area contributed by atoms with Gasteiger partial charge in [-0.2, -0.15) is 0 Å². The number of nitrogens with one attached hydrogen (secondary N) is 1. The first-order valence-electron chi connectivity index (χ1n) is 17.9. The zero-order valence-electron chi connectivity index (χ0n) is 28.6. The first kappa shape index (κ1) is 30.1. The number of hydrogen-bond acceptors (Lipinski definition) is 2. The molecule has 0 saturated heterocycles. The van der Waals surface area contributed by atoms with Crippen molar-refractivity contribution in [2.45, 2.75) is 0 Å². The van der Waals surface area contributed by atoms with E-state index in [1.165, 1.54) is 94.2 Å². The van der Waals surface area contributed by atoms with Crippen molar-refractivity contribution < 1.29 is 0 Å². The van der Waals surface area contributed by atoms with Crippen molar-refractivity contribution in [2.24, 2.45) is 0 Å². The lowest BCUT2D eigenvalue weighted by Gasteiger charge is -2.16. The van der Waals surface area contributed by atoms with Gasteiger partial charge in [0.25, 0.3) is 0 Å². The van der Waals surface area contributed by atoms with Crippen molar-refractivity contribution in [1.29, 1.82) is 0 Å². The molecule has 8 aromatic rings. The maximum absolute atomic E-state index is 4.28. The van der Waals surface area contributed by atoms with Crippen LogP contribution in [-0.2, 0) is 0 Å². The molecule has 7 aromatic carbocycles. The molecule has 1 aliphatic heterocycles. The molecule has 0 unspecified atom stereocenters. The molecule has 1 aromatic heterocycles. The van der Waals surface area contributed by atoms with Crippen LogP contribution in [0.4, 0.5) is 0 Å². The van der Waals surface area contributed by atoms with Crippen LogP contribution in [0, 0.1) is 0 Å². The Hall–Kier alpha value is -6.77. The SMILES string of the molecule is C1=CC(c2ccc(-c3ccc(-c4ccc(-c5ccc(-c6ccc(-c7cccnc7)cc6)cc5)c5c4-c4cccc6cccc-5c46)cc3)cc2)=CNC1. The molecule has 244 valence electrons. The Morgan fingerprint density at radius 3 is 1.35 bits per heavy atom. The predicted octanol–water partition coefficient (Wildman–Crippen LogP) is 12.7. The van der Waals surface area contributed by atoms with E-state index in [2.05, 4.69) is 180 Å². The average Bonchev–Trinajstić information content (AvgIpc) is 3.57. The van der Waals surface area contributed by atoms with E-state index < -0.39 is 0 Å². The maximum atomic E-state index is 4.28. The molecule has 1 aliphatic carbocycles. The quantitative estimate of drug-likeness (QED) is 0.192. The lowest BCUT2D eigenvalue weighted by atomic mass is 9.87. The van der Waals surface area contributed by atoms with Gasteiger partial charge in [0.05, 0.1) is 0 Å². The molecule has 0 spiro atoms. The summed E-state index contributed by atoms with van der Waals surface area (Å²) in [5.74, 6) is 0. The second-order valence-corrected chi connectivity index (χ2v) is 13.6. The van der Waals surface area contributed by atoms with Crippen LogP contribution in [0.5, 0.6) is 0 Å². The summed E-state index contributed by atoms with van der Waals surface area (Å²) >= 11 is 0. The van der Waals surface area contributed by atoms with Gasteiger partial charge in [0, 0.05) is 25.1 Å². The minimum Gasteiger partial charge on any atom is -0.387 e. The number of fused-ring (bicyclic) bond motifs is 3. The van der Waals surface area contributed by atoms with Gasteiger partial charge in [0.15, 0.2) is 0 Å². The van der Waals surface area contributed by atoms with Crippen LogP contribution < -0.4 is 5.32 Å². The van der Waals surface area contributed by atoms with Crippen LogP contribution in [0.3, 0.4) is 0 Å². The van der Waals surface area contributed by atoms with Crippen LogP contribution in [0.1, 0.15) is 5.56 Å². The topological polar surface area (TPSA) is 24.9 Å². The van der Waals surface area contributed by atoms with Crippen molar-refractivity contribution in [3.63, 3.8) is 0 Å². The lowest BCUT2D eigenvalue weighted by molar-refractivity contribution is 0.976. The fourth-order valence-corrected chi connectivity index (χ4v) is 7.98. The maximum Gasteiger partial charge on any atom is 0.0346 e. The molecule has 0 amide bonds. The first-order chi connectivity index (χ1) is 25.8. The number of pyridine rings is 1. The molecule has 1 N–H and O–H groups in total. The molecule has 0 radical (unpaired) electrons. The molecule has 2 heterocycles. The summed E-state index contributed by atoms with van der Waals surface area (Å²) in [6.45, 7) is 0.887. The number of benzene rings is 7. The standard InChI is InChI=1S/C50H34N2/c1-5-41-6-2-10-47-48(41)46(9-1)49-44(39-23-19-35(20-24-39)33-11-15-37(16-12-33)42-7-3-29-51-31-42)27-28-45(50(47)49)40-25-21-36(22-26-40)34-13-17-38(18-14-34)43-8-4-30-52-32-43/h1-29,31-32,52H,30H2. The third-order valence-corrected chi connectivity index (χ3v) is 10.6. The Morgan fingerprint density at radius 2 is 0.885 bits per heavy atom. The van der Waals surface area contributed by atoms with E-state index in [4.69, 9.17) is 0 Å². The molecule has 2 nitrogen and oxygen atoms in total. The summed E-state index contributed by atoms with van der Waals surface area (Å²) in [7, 11) is 0. The van der Waals surface area contributed by atoms with Crippen molar-refractivity contribution >= 4 is 16.3 Å². The van der Waals surface area contributed by atoms with Crippen molar-refractivity contribution in [3.8, 4) is 77.9 Å². The smallest absolute Gasteiger partial charge is 0.0346 e. The van der Waals surface area contributed by atoms with Gasteiger partial charge in [-0.25, -0.2) is 0 Å². The van der Waals surface area contributed by atoms with Gasteiger partial charge >= 0.3 is 0 Å². The fourth-order valence-electron chi connectivity index (χ4n) is 7.98. The molecule has 52 heavy (non-hydrogen) atoms. The van der Waals surface area contributed by atoms with E-state index in [0.717, 1.165) is 12.1 Å². The molecule has 10 rings (SSSR count). The second kappa shape index (κ2) is 12.5. The number of dihydropyridines is 1. The molecular weight excluding hydrogens is 629 g/mol. The zero-order valence-corrected chi connectivity index (χ0v) is 28.6. The van der Waals surface area contributed by atoms with Gasteiger partial charge in [0.2, 0.25) is 0 Å². The van der Waals surface area contributed by atoms with E-state index in [9.17, 15) is 0 Å². The molecule has 2 aliphatic rings. The Labute approximate surface area is 304 Å². The van der Waals surface area contributed by atoms with Gasteiger partial charge < -0.3 is 5.32 Å². The van der Waals surface area contributed by atoms with Gasteiger partial charge in [-0.3, -0.25) is 4.98 Å². The number of nitrogens with zero attached hydrogens (tertiary/aromatic N) is 1. The molecule has 0 saturated carbocycles. The summed E-state index contributed by atoms with van der Waals surface area (Å²) in [5.41, 5.74) is 19.8.